The number of aliphatic imine (C=N–C) groups is 1. The molecule has 0 saturated carbocycles. The van der Waals surface area contributed by atoms with Gasteiger partial charge in [0.05, 0.1) is 6.54 Å². The van der Waals surface area contributed by atoms with E-state index in [9.17, 15) is 9.59 Å². The quantitative estimate of drug-likeness (QED) is 0.186. The van der Waals surface area contributed by atoms with Crippen LogP contribution in [0.1, 0.15) is 74.0 Å². The van der Waals surface area contributed by atoms with Gasteiger partial charge in [0.25, 0.3) is 0 Å². The summed E-state index contributed by atoms with van der Waals surface area (Å²) >= 11 is 0. The summed E-state index contributed by atoms with van der Waals surface area (Å²) < 4.78 is 0.00167. The van der Waals surface area contributed by atoms with Crippen molar-refractivity contribution >= 4 is 17.8 Å². The molecular formula is C18H36N2Na2O5. The van der Waals surface area contributed by atoms with Gasteiger partial charge < -0.3 is 18.5 Å². The van der Waals surface area contributed by atoms with Crippen molar-refractivity contribution in [2.24, 2.45) is 4.99 Å². The average molecular weight is 406 g/mol. The van der Waals surface area contributed by atoms with E-state index in [2.05, 4.69) is 11.9 Å². The third kappa shape index (κ3) is 13.4. The molecule has 150 valence electrons. The van der Waals surface area contributed by atoms with Gasteiger partial charge in [-0.15, -0.1) is 0 Å². The number of quaternary nitrogens is 1. The first-order valence-electron chi connectivity index (χ1n) is 9.34. The fraction of sp³-hybridized carbons (Fsp3) is 0.833. The molecular weight excluding hydrogens is 370 g/mol. The van der Waals surface area contributed by atoms with E-state index in [1.165, 1.54) is 44.9 Å². The van der Waals surface area contributed by atoms with Crippen molar-refractivity contribution < 1.29 is 91.7 Å². The maximum absolute atomic E-state index is 11.1. The Morgan fingerprint density at radius 3 is 1.81 bits per heavy atom. The first-order valence-corrected chi connectivity index (χ1v) is 9.34. The van der Waals surface area contributed by atoms with E-state index >= 15 is 0 Å². The van der Waals surface area contributed by atoms with Crippen molar-refractivity contribution in [3.63, 3.8) is 0 Å². The minimum atomic E-state index is -0.960. The van der Waals surface area contributed by atoms with Crippen LogP contribution in [-0.2, 0) is 9.59 Å². The van der Waals surface area contributed by atoms with Crippen molar-refractivity contribution in [3.8, 4) is 0 Å². The zero-order valence-corrected chi connectivity index (χ0v) is 21.5. The Hall–Kier alpha value is 0.530. The largest absolute Gasteiger partial charge is 1.00 e. The molecule has 0 fully saturated rings. The molecule has 0 aliphatic carbocycles. The van der Waals surface area contributed by atoms with Crippen molar-refractivity contribution in [1.82, 2.24) is 0 Å². The molecule has 9 heteroatoms. The number of hydrogen-bond donors (Lipinski definition) is 2. The maximum atomic E-state index is 11.1. The van der Waals surface area contributed by atoms with E-state index in [0.29, 0.717) is 13.1 Å². The van der Waals surface area contributed by atoms with Crippen LogP contribution >= 0.6 is 0 Å². The molecule has 0 spiro atoms. The average Bonchev–Trinajstić information content (AvgIpc) is 2.86. The van der Waals surface area contributed by atoms with Crippen LogP contribution < -0.4 is 59.1 Å². The summed E-state index contributed by atoms with van der Waals surface area (Å²) in [6.07, 6.45) is 11.8. The maximum Gasteiger partial charge on any atom is 1.00 e. The Morgan fingerprint density at radius 1 is 0.926 bits per heavy atom. The second-order valence-electron chi connectivity index (χ2n) is 6.85. The Balaban J connectivity index is -0.000000384. The van der Waals surface area contributed by atoms with Crippen LogP contribution in [-0.4, -0.2) is 64.1 Å². The zero-order chi connectivity index (χ0) is 17.8. The number of nitrogens with zero attached hydrogens (tertiary/aromatic N) is 2. The summed E-state index contributed by atoms with van der Waals surface area (Å²) in [5.41, 5.74) is 0. The van der Waals surface area contributed by atoms with Crippen LogP contribution in [0.4, 0.5) is 0 Å². The molecule has 0 atom stereocenters. The normalized spacial score (nSPS) is 14.3. The summed E-state index contributed by atoms with van der Waals surface area (Å²) in [5, 5.41) is 18.3. The molecule has 1 heterocycles. The van der Waals surface area contributed by atoms with Crippen LogP contribution in [0.3, 0.4) is 0 Å². The summed E-state index contributed by atoms with van der Waals surface area (Å²) in [4.78, 5) is 26.7. The van der Waals surface area contributed by atoms with Gasteiger partial charge in [-0.1, -0.05) is 58.3 Å². The molecule has 0 radical (unpaired) electrons. The van der Waals surface area contributed by atoms with Crippen LogP contribution in [0.2, 0.25) is 0 Å². The SMILES string of the molecule is CCCCCCCCCCCC1=NCC[N+]1(CC(=O)O)CC(=O)O.[H-].[H-].[Na+].[Na+].[OH-]. The van der Waals surface area contributed by atoms with Crippen LogP contribution in [0.15, 0.2) is 4.99 Å². The molecule has 0 bridgehead atoms. The Bertz CT molecular complexity index is 442. The van der Waals surface area contributed by atoms with Gasteiger partial charge in [0.1, 0.15) is 6.54 Å². The summed E-state index contributed by atoms with van der Waals surface area (Å²) in [6, 6.07) is 0. The first-order chi connectivity index (χ1) is 11.5. The molecule has 1 aliphatic rings. The van der Waals surface area contributed by atoms with Gasteiger partial charge in [-0.05, 0) is 6.42 Å². The molecule has 0 amide bonds. The number of rotatable bonds is 14. The number of unbranched alkanes of at least 4 members (excludes halogenated alkanes) is 8. The number of aliphatic carboxylic acids is 2. The molecule has 27 heavy (non-hydrogen) atoms. The predicted molar refractivity (Wildman–Crippen MR) is 98.4 cm³/mol. The summed E-state index contributed by atoms with van der Waals surface area (Å²) in [7, 11) is 0. The minimum Gasteiger partial charge on any atom is -1.00 e. The van der Waals surface area contributed by atoms with Crippen molar-refractivity contribution in [2.75, 3.05) is 26.2 Å². The van der Waals surface area contributed by atoms with Crippen molar-refractivity contribution in [3.05, 3.63) is 0 Å². The monoisotopic (exact) mass is 406 g/mol. The third-order valence-electron chi connectivity index (χ3n) is 4.75. The van der Waals surface area contributed by atoms with Crippen LogP contribution in [0.25, 0.3) is 0 Å². The van der Waals surface area contributed by atoms with E-state index in [1.807, 2.05) is 0 Å². The number of carboxylic acids is 2. The van der Waals surface area contributed by atoms with Gasteiger partial charge in [0.15, 0.2) is 18.9 Å². The van der Waals surface area contributed by atoms with Crippen molar-refractivity contribution in [2.45, 2.75) is 71.1 Å². The summed E-state index contributed by atoms with van der Waals surface area (Å²) in [6.45, 7) is 2.89. The fourth-order valence-electron chi connectivity index (χ4n) is 3.47. The van der Waals surface area contributed by atoms with E-state index in [1.54, 1.807) is 0 Å². The van der Waals surface area contributed by atoms with E-state index in [0.717, 1.165) is 25.1 Å². The molecule has 1 rings (SSSR count). The smallest absolute Gasteiger partial charge is 1.00 e. The molecule has 1 aliphatic heterocycles. The van der Waals surface area contributed by atoms with Crippen LogP contribution in [0.5, 0.6) is 0 Å². The second kappa shape index (κ2) is 18.6. The zero-order valence-electron chi connectivity index (χ0n) is 19.5. The minimum absolute atomic E-state index is 0. The van der Waals surface area contributed by atoms with E-state index < -0.39 is 11.9 Å². The molecule has 0 aromatic heterocycles. The Kier molecular flexibility index (Phi) is 22.1. The van der Waals surface area contributed by atoms with E-state index in [4.69, 9.17) is 10.2 Å². The van der Waals surface area contributed by atoms with Gasteiger partial charge >= 0.3 is 71.1 Å². The fourth-order valence-corrected chi connectivity index (χ4v) is 3.47. The third-order valence-corrected chi connectivity index (χ3v) is 4.75. The summed E-state index contributed by atoms with van der Waals surface area (Å²) in [5.74, 6) is -1.15. The van der Waals surface area contributed by atoms with Gasteiger partial charge in [0, 0.05) is 6.42 Å². The van der Waals surface area contributed by atoms with E-state index in [-0.39, 0.29) is 85.0 Å². The topological polar surface area (TPSA) is 117 Å². The Labute approximate surface area is 210 Å². The number of carbonyl (C=O) groups is 2. The predicted octanol–water partition coefficient (Wildman–Crippen LogP) is -2.64. The van der Waals surface area contributed by atoms with Crippen LogP contribution in [0, 0.1) is 0 Å². The standard InChI is InChI=1S/C18H32N2O4.2Na.H2O.2H/c1-2-3-4-5-6-7-8-9-10-11-16-19-12-13-20(16,14-17(21)22)15-18(23)24;;;;;/h2-15H2,1H3,(H-,21,22,23,24);;;1H2;;/q;2*+1;;2*-1. The second-order valence-corrected chi connectivity index (χ2v) is 6.85. The Morgan fingerprint density at radius 2 is 1.37 bits per heavy atom. The van der Waals surface area contributed by atoms with Gasteiger partial charge in [-0.2, -0.15) is 0 Å². The molecule has 0 aromatic carbocycles. The van der Waals surface area contributed by atoms with Gasteiger partial charge in [0.2, 0.25) is 0 Å². The number of carboxylic acid groups (broad SMARTS) is 2. The molecule has 3 N–H and O–H groups in total. The molecule has 7 nitrogen and oxygen atoms in total. The van der Waals surface area contributed by atoms with Gasteiger partial charge in [-0.3, -0.25) is 4.48 Å². The first kappa shape index (κ1) is 32.2. The van der Waals surface area contributed by atoms with Gasteiger partial charge in [-0.25, -0.2) is 14.6 Å². The number of amidine groups is 1. The van der Waals surface area contributed by atoms with Crippen molar-refractivity contribution in [1.29, 1.82) is 0 Å². The molecule has 0 saturated heterocycles. The molecule has 0 unspecified atom stereocenters. The number of hydrogen-bond acceptors (Lipinski definition) is 4. The molecule has 0 aromatic rings.